The summed E-state index contributed by atoms with van der Waals surface area (Å²) in [6.45, 7) is 4.00. The molecule has 4 nitrogen and oxygen atoms in total. The van der Waals surface area contributed by atoms with Crippen LogP contribution in [0.3, 0.4) is 0 Å². The summed E-state index contributed by atoms with van der Waals surface area (Å²) in [6.07, 6.45) is 1.34. The SMILES string of the molecule is CC.CON(C)C(=O)c1cnc(Cl)c(Cl)c1. The Balaban J connectivity index is 0.00000106. The average Bonchev–Trinajstić information content (AvgIpc) is 2.33. The fourth-order valence-corrected chi connectivity index (χ4v) is 1.07. The van der Waals surface area contributed by atoms with Crippen LogP contribution in [0.15, 0.2) is 12.3 Å². The van der Waals surface area contributed by atoms with Crippen molar-refractivity contribution in [1.29, 1.82) is 0 Å². The van der Waals surface area contributed by atoms with E-state index in [1.54, 1.807) is 0 Å². The lowest BCUT2D eigenvalue weighted by atomic mass is 10.3. The highest BCUT2D eigenvalue weighted by molar-refractivity contribution is 6.41. The molecule has 0 saturated heterocycles. The van der Waals surface area contributed by atoms with E-state index >= 15 is 0 Å². The van der Waals surface area contributed by atoms with E-state index in [0.717, 1.165) is 5.06 Å². The van der Waals surface area contributed by atoms with Crippen LogP contribution in [0, 0.1) is 0 Å². The minimum Gasteiger partial charge on any atom is -0.274 e. The van der Waals surface area contributed by atoms with Gasteiger partial charge in [0.1, 0.15) is 5.15 Å². The molecule has 1 rings (SSSR count). The number of hydroxylamine groups is 2. The number of hydrogen-bond acceptors (Lipinski definition) is 3. The minimum atomic E-state index is -0.335. The first-order chi connectivity index (χ1) is 7.56. The summed E-state index contributed by atoms with van der Waals surface area (Å²) < 4.78 is 0. The largest absolute Gasteiger partial charge is 0.278 e. The second kappa shape index (κ2) is 7.44. The van der Waals surface area contributed by atoms with E-state index in [9.17, 15) is 4.79 Å². The van der Waals surface area contributed by atoms with Crippen molar-refractivity contribution in [3.05, 3.63) is 28.0 Å². The number of hydrogen-bond donors (Lipinski definition) is 0. The van der Waals surface area contributed by atoms with Crippen LogP contribution in [0.4, 0.5) is 0 Å². The van der Waals surface area contributed by atoms with Crippen LogP contribution in [0.2, 0.25) is 10.2 Å². The summed E-state index contributed by atoms with van der Waals surface area (Å²) >= 11 is 11.3. The van der Waals surface area contributed by atoms with Crippen LogP contribution in [-0.2, 0) is 4.84 Å². The molecule has 90 valence electrons. The number of rotatable bonds is 2. The lowest BCUT2D eigenvalue weighted by Crippen LogP contribution is -2.25. The molecule has 0 unspecified atom stereocenters. The van der Waals surface area contributed by atoms with E-state index < -0.39 is 0 Å². The van der Waals surface area contributed by atoms with Gasteiger partial charge < -0.3 is 0 Å². The van der Waals surface area contributed by atoms with Crippen LogP contribution in [0.5, 0.6) is 0 Å². The van der Waals surface area contributed by atoms with Gasteiger partial charge in [0.15, 0.2) is 0 Å². The Hall–Kier alpha value is -0.840. The zero-order valence-electron chi connectivity index (χ0n) is 9.62. The molecular formula is C10H14Cl2N2O2. The van der Waals surface area contributed by atoms with Crippen LogP contribution < -0.4 is 0 Å². The Morgan fingerprint density at radius 3 is 2.44 bits per heavy atom. The molecule has 0 aliphatic heterocycles. The first-order valence-corrected chi connectivity index (χ1v) is 5.45. The summed E-state index contributed by atoms with van der Waals surface area (Å²) in [7, 11) is 2.88. The summed E-state index contributed by atoms with van der Waals surface area (Å²) in [6, 6.07) is 1.44. The maximum absolute atomic E-state index is 11.5. The molecule has 0 spiro atoms. The molecule has 0 aromatic carbocycles. The van der Waals surface area contributed by atoms with E-state index in [2.05, 4.69) is 4.98 Å². The van der Waals surface area contributed by atoms with Crippen molar-refractivity contribution in [2.45, 2.75) is 13.8 Å². The Labute approximate surface area is 105 Å². The maximum Gasteiger partial charge on any atom is 0.278 e. The van der Waals surface area contributed by atoms with Crippen LogP contribution in [-0.4, -0.2) is 30.1 Å². The van der Waals surface area contributed by atoms with Gasteiger partial charge in [-0.25, -0.2) is 10.0 Å². The minimum absolute atomic E-state index is 0.170. The topological polar surface area (TPSA) is 42.4 Å². The Bertz CT molecular complexity index is 359. The molecular weight excluding hydrogens is 251 g/mol. The van der Waals surface area contributed by atoms with Gasteiger partial charge in [0.05, 0.1) is 17.7 Å². The van der Waals surface area contributed by atoms with Crippen molar-refractivity contribution >= 4 is 29.1 Å². The van der Waals surface area contributed by atoms with Crippen LogP contribution in [0.25, 0.3) is 0 Å². The van der Waals surface area contributed by atoms with E-state index in [4.69, 9.17) is 28.0 Å². The summed E-state index contributed by atoms with van der Waals surface area (Å²) in [5.74, 6) is -0.335. The smallest absolute Gasteiger partial charge is 0.274 e. The Morgan fingerprint density at radius 1 is 1.44 bits per heavy atom. The van der Waals surface area contributed by atoms with Crippen molar-refractivity contribution in [3.63, 3.8) is 0 Å². The van der Waals surface area contributed by atoms with E-state index in [0.29, 0.717) is 5.56 Å². The third-order valence-corrected chi connectivity index (χ3v) is 2.29. The molecule has 0 atom stereocenters. The van der Waals surface area contributed by atoms with Crippen molar-refractivity contribution in [1.82, 2.24) is 10.0 Å². The molecule has 0 bridgehead atoms. The fourth-order valence-electron chi connectivity index (χ4n) is 0.803. The standard InChI is InChI=1S/C8H8Cl2N2O2.C2H6/c1-12(14-2)8(13)5-3-6(9)7(10)11-4-5;1-2/h3-4H,1-2H3;1-2H3. The quantitative estimate of drug-likeness (QED) is 0.609. The molecule has 0 N–H and O–H groups in total. The van der Waals surface area contributed by atoms with Gasteiger partial charge in [0.25, 0.3) is 5.91 Å². The predicted molar refractivity (Wildman–Crippen MR) is 64.7 cm³/mol. The molecule has 16 heavy (non-hydrogen) atoms. The normalized spacial score (nSPS) is 9.12. The molecule has 0 saturated carbocycles. The highest BCUT2D eigenvalue weighted by atomic mass is 35.5. The zero-order chi connectivity index (χ0) is 12.7. The van der Waals surface area contributed by atoms with Crippen molar-refractivity contribution in [2.24, 2.45) is 0 Å². The highest BCUT2D eigenvalue weighted by Gasteiger charge is 2.13. The number of aromatic nitrogens is 1. The molecule has 0 aliphatic carbocycles. The van der Waals surface area contributed by atoms with Gasteiger partial charge >= 0.3 is 0 Å². The molecule has 1 heterocycles. The van der Waals surface area contributed by atoms with E-state index in [1.807, 2.05) is 13.8 Å². The third kappa shape index (κ3) is 3.96. The predicted octanol–water partition coefficient (Wildman–Crippen LogP) is 3.05. The molecule has 1 aromatic heterocycles. The number of pyridine rings is 1. The van der Waals surface area contributed by atoms with E-state index in [1.165, 1.54) is 26.4 Å². The second-order valence-electron chi connectivity index (χ2n) is 2.48. The molecule has 0 fully saturated rings. The second-order valence-corrected chi connectivity index (χ2v) is 3.25. The lowest BCUT2D eigenvalue weighted by Gasteiger charge is -2.13. The van der Waals surface area contributed by atoms with Gasteiger partial charge in [0, 0.05) is 13.2 Å². The van der Waals surface area contributed by atoms with Crippen LogP contribution >= 0.6 is 23.2 Å². The summed E-state index contributed by atoms with van der Waals surface area (Å²) in [5.41, 5.74) is 0.323. The van der Waals surface area contributed by atoms with Crippen molar-refractivity contribution in [3.8, 4) is 0 Å². The fraction of sp³-hybridized carbons (Fsp3) is 0.400. The molecule has 0 radical (unpaired) electrons. The summed E-state index contributed by atoms with van der Waals surface area (Å²) in [4.78, 5) is 20.0. The zero-order valence-corrected chi connectivity index (χ0v) is 11.1. The third-order valence-electron chi connectivity index (χ3n) is 1.60. The molecule has 0 aliphatic rings. The van der Waals surface area contributed by atoms with Crippen molar-refractivity contribution < 1.29 is 9.63 Å². The molecule has 1 amide bonds. The van der Waals surface area contributed by atoms with Gasteiger partial charge in [-0.2, -0.15) is 0 Å². The first kappa shape index (κ1) is 15.2. The van der Waals surface area contributed by atoms with Gasteiger partial charge in [-0.3, -0.25) is 9.63 Å². The van der Waals surface area contributed by atoms with Gasteiger partial charge in [0.2, 0.25) is 0 Å². The molecule has 6 heteroatoms. The van der Waals surface area contributed by atoms with Gasteiger partial charge in [-0.05, 0) is 6.07 Å². The van der Waals surface area contributed by atoms with Gasteiger partial charge in [-0.1, -0.05) is 37.0 Å². The number of nitrogens with zero attached hydrogens (tertiary/aromatic N) is 2. The lowest BCUT2D eigenvalue weighted by molar-refractivity contribution is -0.0757. The van der Waals surface area contributed by atoms with Gasteiger partial charge in [-0.15, -0.1) is 0 Å². The van der Waals surface area contributed by atoms with Crippen LogP contribution in [0.1, 0.15) is 24.2 Å². The first-order valence-electron chi connectivity index (χ1n) is 4.69. The number of amides is 1. The highest BCUT2D eigenvalue weighted by Crippen LogP contribution is 2.20. The maximum atomic E-state index is 11.5. The number of carbonyl (C=O) groups is 1. The Morgan fingerprint density at radius 2 is 2.00 bits per heavy atom. The Kier molecular flexibility index (Phi) is 7.05. The van der Waals surface area contributed by atoms with Crippen molar-refractivity contribution in [2.75, 3.05) is 14.2 Å². The van der Waals surface area contributed by atoms with E-state index in [-0.39, 0.29) is 16.1 Å². The molecule has 1 aromatic rings. The monoisotopic (exact) mass is 264 g/mol. The number of carbonyl (C=O) groups excluding carboxylic acids is 1. The average molecular weight is 265 g/mol. The summed E-state index contributed by atoms with van der Waals surface area (Å²) in [5, 5.41) is 1.48. The number of halogens is 2.